The van der Waals surface area contributed by atoms with Crippen LogP contribution in [0.1, 0.15) is 0 Å². The molecule has 2 aromatic carbocycles. The van der Waals surface area contributed by atoms with Crippen LogP contribution in [0.5, 0.6) is 0 Å². The fourth-order valence-corrected chi connectivity index (χ4v) is 3.76. The Morgan fingerprint density at radius 3 is 2.33 bits per heavy atom. The van der Waals surface area contributed by atoms with Crippen molar-refractivity contribution in [3.05, 3.63) is 60.7 Å². The predicted molar refractivity (Wildman–Crippen MR) is 100 cm³/mol. The third kappa shape index (κ3) is 4.76. The molecule has 1 aliphatic heterocycles. The van der Waals surface area contributed by atoms with E-state index in [1.54, 1.807) is 11.8 Å². The molecule has 4 nitrogen and oxygen atoms in total. The molecule has 126 valence electrons. The Bertz CT molecular complexity index is 630. The van der Waals surface area contributed by atoms with Crippen LogP contribution < -0.4 is 10.6 Å². The molecule has 1 atom stereocenters. The van der Waals surface area contributed by atoms with Crippen LogP contribution in [0, 0.1) is 0 Å². The summed E-state index contributed by atoms with van der Waals surface area (Å²) < 4.78 is 0. The zero-order chi connectivity index (χ0) is 16.6. The molecule has 1 fully saturated rings. The molecule has 0 saturated carbocycles. The number of anilines is 1. The van der Waals surface area contributed by atoms with Crippen molar-refractivity contribution in [1.29, 1.82) is 0 Å². The summed E-state index contributed by atoms with van der Waals surface area (Å²) in [4.78, 5) is 16.1. The second-order valence-electron chi connectivity index (χ2n) is 5.74. The van der Waals surface area contributed by atoms with Crippen LogP contribution in [0.3, 0.4) is 0 Å². The van der Waals surface area contributed by atoms with Crippen LogP contribution in [0.15, 0.2) is 65.6 Å². The smallest absolute Gasteiger partial charge is 0.237 e. The van der Waals surface area contributed by atoms with Gasteiger partial charge in [-0.2, -0.15) is 0 Å². The summed E-state index contributed by atoms with van der Waals surface area (Å²) in [6.45, 7) is 3.94. The molecule has 0 radical (unpaired) electrons. The molecule has 0 spiro atoms. The summed E-state index contributed by atoms with van der Waals surface area (Å²) >= 11 is 1.64. The SMILES string of the molecule is O=C(C(CNc1ccccc1)Sc1ccccc1)N1CCNCC1. The van der Waals surface area contributed by atoms with E-state index in [0.29, 0.717) is 6.54 Å². The van der Waals surface area contributed by atoms with Gasteiger partial charge in [0.05, 0.1) is 0 Å². The third-order valence-corrected chi connectivity index (χ3v) is 5.19. The first-order chi connectivity index (χ1) is 11.8. The van der Waals surface area contributed by atoms with Crippen molar-refractivity contribution in [1.82, 2.24) is 10.2 Å². The number of hydrogen-bond acceptors (Lipinski definition) is 4. The number of nitrogens with zero attached hydrogens (tertiary/aromatic N) is 1. The summed E-state index contributed by atoms with van der Waals surface area (Å²) in [6, 6.07) is 20.2. The molecule has 2 aromatic rings. The maximum Gasteiger partial charge on any atom is 0.237 e. The zero-order valence-corrected chi connectivity index (χ0v) is 14.5. The van der Waals surface area contributed by atoms with E-state index in [-0.39, 0.29) is 11.2 Å². The Morgan fingerprint density at radius 1 is 1.04 bits per heavy atom. The molecule has 1 saturated heterocycles. The average molecular weight is 341 g/mol. The van der Waals surface area contributed by atoms with Crippen molar-refractivity contribution in [2.75, 3.05) is 38.0 Å². The van der Waals surface area contributed by atoms with E-state index in [4.69, 9.17) is 0 Å². The largest absolute Gasteiger partial charge is 0.383 e. The fraction of sp³-hybridized carbons (Fsp3) is 0.316. The van der Waals surface area contributed by atoms with Crippen molar-refractivity contribution < 1.29 is 4.79 Å². The van der Waals surface area contributed by atoms with Crippen molar-refractivity contribution in [3.63, 3.8) is 0 Å². The van der Waals surface area contributed by atoms with Gasteiger partial charge >= 0.3 is 0 Å². The van der Waals surface area contributed by atoms with Crippen LogP contribution in [-0.4, -0.2) is 48.8 Å². The molecular formula is C19H23N3OS. The van der Waals surface area contributed by atoms with Crippen molar-refractivity contribution in [2.45, 2.75) is 10.1 Å². The van der Waals surface area contributed by atoms with Crippen LogP contribution in [0.25, 0.3) is 0 Å². The van der Waals surface area contributed by atoms with Gasteiger partial charge in [-0.15, -0.1) is 11.8 Å². The number of amides is 1. The van der Waals surface area contributed by atoms with Crippen molar-refractivity contribution >= 4 is 23.4 Å². The Kier molecular flexibility index (Phi) is 6.15. The number of para-hydroxylation sites is 1. The van der Waals surface area contributed by atoms with E-state index in [1.807, 2.05) is 53.4 Å². The van der Waals surface area contributed by atoms with Gasteiger partial charge in [0.15, 0.2) is 0 Å². The number of carbonyl (C=O) groups is 1. The lowest BCUT2D eigenvalue weighted by molar-refractivity contribution is -0.130. The maximum absolute atomic E-state index is 13.0. The monoisotopic (exact) mass is 341 g/mol. The predicted octanol–water partition coefficient (Wildman–Crippen LogP) is 2.69. The number of benzene rings is 2. The van der Waals surface area contributed by atoms with Crippen LogP contribution in [-0.2, 0) is 4.79 Å². The highest BCUT2D eigenvalue weighted by molar-refractivity contribution is 8.00. The topological polar surface area (TPSA) is 44.4 Å². The molecule has 3 rings (SSSR count). The van der Waals surface area contributed by atoms with Gasteiger partial charge in [0.2, 0.25) is 5.91 Å². The first-order valence-electron chi connectivity index (χ1n) is 8.33. The second-order valence-corrected chi connectivity index (χ2v) is 7.02. The number of nitrogens with one attached hydrogen (secondary N) is 2. The Hall–Kier alpha value is -1.98. The number of rotatable bonds is 6. The van der Waals surface area contributed by atoms with Crippen LogP contribution in [0.4, 0.5) is 5.69 Å². The molecule has 24 heavy (non-hydrogen) atoms. The second kappa shape index (κ2) is 8.76. The molecule has 0 aromatic heterocycles. The molecule has 2 N–H and O–H groups in total. The van der Waals surface area contributed by atoms with Gasteiger partial charge in [0.25, 0.3) is 0 Å². The minimum Gasteiger partial charge on any atom is -0.383 e. The van der Waals surface area contributed by atoms with Crippen LogP contribution in [0.2, 0.25) is 0 Å². The van der Waals surface area contributed by atoms with Gasteiger partial charge in [-0.25, -0.2) is 0 Å². The van der Waals surface area contributed by atoms with E-state index < -0.39 is 0 Å². The molecule has 0 aliphatic carbocycles. The first kappa shape index (κ1) is 16.9. The highest BCUT2D eigenvalue weighted by Gasteiger charge is 2.26. The molecule has 1 amide bonds. The van der Waals surface area contributed by atoms with E-state index in [1.165, 1.54) is 0 Å². The van der Waals surface area contributed by atoms with E-state index in [2.05, 4.69) is 22.8 Å². The average Bonchev–Trinajstić information content (AvgIpc) is 2.67. The Balaban J connectivity index is 1.68. The maximum atomic E-state index is 13.0. The van der Waals surface area contributed by atoms with E-state index in [0.717, 1.165) is 36.8 Å². The van der Waals surface area contributed by atoms with E-state index >= 15 is 0 Å². The van der Waals surface area contributed by atoms with Gasteiger partial charge in [0.1, 0.15) is 5.25 Å². The number of hydrogen-bond donors (Lipinski definition) is 2. The number of piperazine rings is 1. The number of carbonyl (C=O) groups excluding carboxylic acids is 1. The highest BCUT2D eigenvalue weighted by Crippen LogP contribution is 2.25. The molecule has 0 bridgehead atoms. The lowest BCUT2D eigenvalue weighted by atomic mass is 10.2. The molecule has 1 unspecified atom stereocenters. The third-order valence-electron chi connectivity index (χ3n) is 3.99. The lowest BCUT2D eigenvalue weighted by Gasteiger charge is -2.31. The molecule has 1 aliphatic rings. The Morgan fingerprint density at radius 2 is 1.67 bits per heavy atom. The number of thioether (sulfide) groups is 1. The molecule has 5 heteroatoms. The first-order valence-corrected chi connectivity index (χ1v) is 9.21. The van der Waals surface area contributed by atoms with Gasteiger partial charge in [0, 0.05) is 43.3 Å². The van der Waals surface area contributed by atoms with Gasteiger partial charge < -0.3 is 15.5 Å². The highest BCUT2D eigenvalue weighted by atomic mass is 32.2. The minimum absolute atomic E-state index is 0.134. The zero-order valence-electron chi connectivity index (χ0n) is 13.7. The minimum atomic E-state index is -0.134. The van der Waals surface area contributed by atoms with Gasteiger partial charge in [-0.3, -0.25) is 4.79 Å². The summed E-state index contributed by atoms with van der Waals surface area (Å²) in [5.41, 5.74) is 1.05. The van der Waals surface area contributed by atoms with Gasteiger partial charge in [-0.05, 0) is 24.3 Å². The summed E-state index contributed by atoms with van der Waals surface area (Å²) in [7, 11) is 0. The van der Waals surface area contributed by atoms with Crippen LogP contribution >= 0.6 is 11.8 Å². The quantitative estimate of drug-likeness (QED) is 0.793. The van der Waals surface area contributed by atoms with E-state index in [9.17, 15) is 4.79 Å². The summed E-state index contributed by atoms with van der Waals surface area (Å²) in [5.74, 6) is 0.216. The molecular weight excluding hydrogens is 318 g/mol. The summed E-state index contributed by atoms with van der Waals surface area (Å²) in [6.07, 6.45) is 0. The molecule has 1 heterocycles. The van der Waals surface area contributed by atoms with Gasteiger partial charge in [-0.1, -0.05) is 36.4 Å². The normalized spacial score (nSPS) is 15.8. The standard InChI is InChI=1S/C19H23N3OS/c23-19(22-13-11-20-12-14-22)18(24-17-9-5-2-6-10-17)15-21-16-7-3-1-4-8-16/h1-10,18,20-21H,11-15H2. The van der Waals surface area contributed by atoms with Crippen molar-refractivity contribution in [3.8, 4) is 0 Å². The summed E-state index contributed by atoms with van der Waals surface area (Å²) in [5, 5.41) is 6.57. The fourth-order valence-electron chi connectivity index (χ4n) is 2.70. The lowest BCUT2D eigenvalue weighted by Crippen LogP contribution is -2.50. The van der Waals surface area contributed by atoms with Crippen molar-refractivity contribution in [2.24, 2.45) is 0 Å². The Labute approximate surface area is 147 Å².